The van der Waals surface area contributed by atoms with Crippen molar-refractivity contribution in [2.24, 2.45) is 0 Å². The maximum Gasteiger partial charge on any atom is 0.251 e. The second-order valence-corrected chi connectivity index (χ2v) is 4.74. The number of aromatic nitrogens is 2. The van der Waals surface area contributed by atoms with Crippen LogP contribution in [0.2, 0.25) is 5.02 Å². The summed E-state index contributed by atoms with van der Waals surface area (Å²) in [6, 6.07) is 5.31. The average Bonchev–Trinajstić information content (AvgIpc) is 2.92. The fourth-order valence-electron chi connectivity index (χ4n) is 1.85. The van der Waals surface area contributed by atoms with Crippen LogP contribution >= 0.6 is 11.6 Å². The van der Waals surface area contributed by atoms with Crippen molar-refractivity contribution in [2.45, 2.75) is 19.8 Å². The van der Waals surface area contributed by atoms with E-state index in [9.17, 15) is 0 Å². The Labute approximate surface area is 123 Å². The summed E-state index contributed by atoms with van der Waals surface area (Å²) in [6.45, 7) is 3.99. The predicted molar refractivity (Wildman–Crippen MR) is 78.2 cm³/mol. The zero-order valence-electron chi connectivity index (χ0n) is 11.6. The van der Waals surface area contributed by atoms with Gasteiger partial charge in [0.1, 0.15) is 5.75 Å². The minimum absolute atomic E-state index is 0.433. The molecule has 1 heterocycles. The van der Waals surface area contributed by atoms with Gasteiger partial charge >= 0.3 is 0 Å². The molecule has 0 bridgehead atoms. The molecule has 0 saturated heterocycles. The molecule has 20 heavy (non-hydrogen) atoms. The van der Waals surface area contributed by atoms with Gasteiger partial charge in [0.25, 0.3) is 5.89 Å². The molecule has 1 N–H and O–H groups in total. The maximum absolute atomic E-state index is 6.00. The quantitative estimate of drug-likeness (QED) is 0.796. The minimum Gasteiger partial charge on any atom is -0.496 e. The molecule has 0 aliphatic heterocycles. The molecule has 6 heteroatoms. The Morgan fingerprint density at radius 2 is 2.20 bits per heavy atom. The van der Waals surface area contributed by atoms with E-state index in [0.29, 0.717) is 28.1 Å². The van der Waals surface area contributed by atoms with Gasteiger partial charge in [0.15, 0.2) is 0 Å². The van der Waals surface area contributed by atoms with Crippen LogP contribution in [0.15, 0.2) is 22.6 Å². The summed E-state index contributed by atoms with van der Waals surface area (Å²) in [5.41, 5.74) is 0.713. The molecule has 2 rings (SSSR count). The van der Waals surface area contributed by atoms with Crippen molar-refractivity contribution in [1.82, 2.24) is 15.5 Å². The lowest BCUT2D eigenvalue weighted by molar-refractivity contribution is 0.413. The molecule has 2 aromatic rings. The molecule has 1 aromatic carbocycles. The Morgan fingerprint density at radius 3 is 2.95 bits per heavy atom. The minimum atomic E-state index is 0.433. The molecule has 0 aliphatic rings. The lowest BCUT2D eigenvalue weighted by atomic mass is 10.2. The van der Waals surface area contributed by atoms with Gasteiger partial charge in [0.05, 0.1) is 12.7 Å². The van der Waals surface area contributed by atoms with Crippen molar-refractivity contribution >= 4 is 11.6 Å². The highest BCUT2D eigenvalue weighted by Gasteiger charge is 2.13. The standard InChI is InChI=1S/C14H18ClN3O2/c1-3-16-8-4-5-13-17-18-14(20-13)11-9-10(15)6-7-12(11)19-2/h6-7,9,16H,3-5,8H2,1-2H3. The number of methoxy groups -OCH3 is 1. The SMILES string of the molecule is CCNCCCc1nnc(-c2cc(Cl)ccc2OC)o1. The molecule has 0 spiro atoms. The number of aryl methyl sites for hydroxylation is 1. The van der Waals surface area contributed by atoms with E-state index >= 15 is 0 Å². The zero-order chi connectivity index (χ0) is 14.4. The number of ether oxygens (including phenoxy) is 1. The van der Waals surface area contributed by atoms with E-state index in [1.54, 1.807) is 25.3 Å². The Balaban J connectivity index is 2.10. The van der Waals surface area contributed by atoms with E-state index in [4.69, 9.17) is 20.8 Å². The molecular formula is C14H18ClN3O2. The molecule has 0 atom stereocenters. The topological polar surface area (TPSA) is 60.2 Å². The van der Waals surface area contributed by atoms with Crippen LogP contribution in [0.1, 0.15) is 19.2 Å². The van der Waals surface area contributed by atoms with Crippen molar-refractivity contribution in [2.75, 3.05) is 20.2 Å². The third-order valence-electron chi connectivity index (χ3n) is 2.85. The van der Waals surface area contributed by atoms with Gasteiger partial charge in [0.2, 0.25) is 5.89 Å². The van der Waals surface area contributed by atoms with Crippen LogP contribution in [0.5, 0.6) is 5.75 Å². The van der Waals surface area contributed by atoms with E-state index in [1.165, 1.54) is 0 Å². The largest absolute Gasteiger partial charge is 0.496 e. The van der Waals surface area contributed by atoms with Crippen LogP contribution in [-0.4, -0.2) is 30.4 Å². The molecule has 5 nitrogen and oxygen atoms in total. The molecule has 0 radical (unpaired) electrons. The van der Waals surface area contributed by atoms with Gasteiger partial charge in [0, 0.05) is 11.4 Å². The number of hydrogen-bond donors (Lipinski definition) is 1. The van der Waals surface area contributed by atoms with Crippen molar-refractivity contribution in [3.05, 3.63) is 29.1 Å². The second-order valence-electron chi connectivity index (χ2n) is 4.30. The normalized spacial score (nSPS) is 10.8. The average molecular weight is 296 g/mol. The van der Waals surface area contributed by atoms with Crippen molar-refractivity contribution in [3.63, 3.8) is 0 Å². The van der Waals surface area contributed by atoms with Crippen molar-refractivity contribution in [1.29, 1.82) is 0 Å². The van der Waals surface area contributed by atoms with Crippen LogP contribution in [0.4, 0.5) is 0 Å². The summed E-state index contributed by atoms with van der Waals surface area (Å²) in [4.78, 5) is 0. The first-order valence-electron chi connectivity index (χ1n) is 6.61. The number of benzene rings is 1. The predicted octanol–water partition coefficient (Wildman–Crippen LogP) is 2.94. The van der Waals surface area contributed by atoms with Gasteiger partial charge in [-0.2, -0.15) is 0 Å². The Bertz CT molecular complexity index is 557. The van der Waals surface area contributed by atoms with Gasteiger partial charge in [-0.1, -0.05) is 18.5 Å². The van der Waals surface area contributed by atoms with Crippen LogP contribution in [0.3, 0.4) is 0 Å². The highest BCUT2D eigenvalue weighted by molar-refractivity contribution is 6.30. The summed E-state index contributed by atoms with van der Waals surface area (Å²) < 4.78 is 10.9. The highest BCUT2D eigenvalue weighted by Crippen LogP contribution is 2.31. The van der Waals surface area contributed by atoms with Crippen molar-refractivity contribution < 1.29 is 9.15 Å². The molecule has 0 amide bonds. The van der Waals surface area contributed by atoms with Gasteiger partial charge in [-0.3, -0.25) is 0 Å². The fraction of sp³-hybridized carbons (Fsp3) is 0.429. The maximum atomic E-state index is 6.00. The molecule has 0 fully saturated rings. The number of hydrogen-bond acceptors (Lipinski definition) is 5. The smallest absolute Gasteiger partial charge is 0.251 e. The van der Waals surface area contributed by atoms with Crippen LogP contribution in [-0.2, 0) is 6.42 Å². The molecule has 0 aliphatic carbocycles. The molecule has 108 valence electrons. The van der Waals surface area contributed by atoms with E-state index in [-0.39, 0.29) is 0 Å². The van der Waals surface area contributed by atoms with Gasteiger partial charge in [-0.05, 0) is 37.7 Å². The van der Waals surface area contributed by atoms with Gasteiger partial charge in [-0.15, -0.1) is 10.2 Å². The van der Waals surface area contributed by atoms with E-state index in [0.717, 1.165) is 25.9 Å². The number of halogens is 1. The number of nitrogens with one attached hydrogen (secondary N) is 1. The lowest BCUT2D eigenvalue weighted by Gasteiger charge is -2.04. The fourth-order valence-corrected chi connectivity index (χ4v) is 2.02. The first kappa shape index (κ1) is 14.8. The Hall–Kier alpha value is -1.59. The van der Waals surface area contributed by atoms with Crippen molar-refractivity contribution in [3.8, 4) is 17.2 Å². The molecule has 0 unspecified atom stereocenters. The first-order chi connectivity index (χ1) is 9.74. The third-order valence-corrected chi connectivity index (χ3v) is 3.09. The first-order valence-corrected chi connectivity index (χ1v) is 6.99. The van der Waals surface area contributed by atoms with Crippen LogP contribution < -0.4 is 10.1 Å². The summed E-state index contributed by atoms with van der Waals surface area (Å²) in [5.74, 6) is 1.72. The molecular weight excluding hydrogens is 278 g/mol. The van der Waals surface area contributed by atoms with E-state index in [1.807, 2.05) is 0 Å². The third kappa shape index (κ3) is 3.71. The second kappa shape index (κ2) is 7.26. The number of nitrogens with zero attached hydrogens (tertiary/aromatic N) is 2. The van der Waals surface area contributed by atoms with Gasteiger partial charge in [-0.25, -0.2) is 0 Å². The monoisotopic (exact) mass is 295 g/mol. The summed E-state index contributed by atoms with van der Waals surface area (Å²) in [6.07, 6.45) is 1.71. The zero-order valence-corrected chi connectivity index (χ0v) is 12.4. The Kier molecular flexibility index (Phi) is 5.38. The molecule has 1 aromatic heterocycles. The number of rotatable bonds is 7. The van der Waals surface area contributed by atoms with Crippen LogP contribution in [0.25, 0.3) is 11.5 Å². The lowest BCUT2D eigenvalue weighted by Crippen LogP contribution is -2.14. The Morgan fingerprint density at radius 1 is 1.35 bits per heavy atom. The van der Waals surface area contributed by atoms with Gasteiger partial charge < -0.3 is 14.5 Å². The summed E-state index contributed by atoms with van der Waals surface area (Å²) in [7, 11) is 1.60. The summed E-state index contributed by atoms with van der Waals surface area (Å²) >= 11 is 6.00. The van der Waals surface area contributed by atoms with Crippen LogP contribution in [0, 0.1) is 0 Å². The molecule has 0 saturated carbocycles. The van der Waals surface area contributed by atoms with E-state index < -0.39 is 0 Å². The van der Waals surface area contributed by atoms with E-state index in [2.05, 4.69) is 22.4 Å². The highest BCUT2D eigenvalue weighted by atomic mass is 35.5. The summed E-state index contributed by atoms with van der Waals surface area (Å²) in [5, 5.41) is 12.0.